The summed E-state index contributed by atoms with van der Waals surface area (Å²) in [5.74, 6) is -1.25. The van der Waals surface area contributed by atoms with Crippen molar-refractivity contribution >= 4 is 35.1 Å². The van der Waals surface area contributed by atoms with Crippen LogP contribution in [0.4, 0.5) is 5.82 Å². The van der Waals surface area contributed by atoms with Crippen LogP contribution in [0.3, 0.4) is 0 Å². The number of amides is 3. The van der Waals surface area contributed by atoms with Gasteiger partial charge in [-0.3, -0.25) is 14.4 Å². The van der Waals surface area contributed by atoms with Crippen LogP contribution in [0.1, 0.15) is 37.5 Å². The summed E-state index contributed by atoms with van der Waals surface area (Å²) in [6.07, 6.45) is 1.47. The van der Waals surface area contributed by atoms with E-state index < -0.39 is 11.9 Å². The topological polar surface area (TPSA) is 207 Å². The van der Waals surface area contributed by atoms with Crippen LogP contribution in [0.25, 0.3) is 17.0 Å². The summed E-state index contributed by atoms with van der Waals surface area (Å²) in [4.78, 5) is 53.7. The SMILES string of the molecule is CNC(=O)C1C(N)=NC(NC(=O)c2nc(-c3cccc(CNC(=O)c4ccccc4)c3)cnc2N)=C(c2cccc(CN)c2)N1C. The molecule has 1 unspecified atom stereocenters. The molecule has 3 aromatic carbocycles. The number of carbonyl (C=O) groups excluding carboxylic acids is 3. The van der Waals surface area contributed by atoms with Gasteiger partial charge in [0.2, 0.25) is 5.91 Å². The number of hydrogen-bond donors (Lipinski definition) is 6. The number of nitrogens with zero attached hydrogens (tertiary/aromatic N) is 4. The maximum atomic E-state index is 13.7. The zero-order valence-electron chi connectivity index (χ0n) is 25.3. The Hall–Kier alpha value is -6.08. The zero-order valence-corrected chi connectivity index (χ0v) is 25.3. The summed E-state index contributed by atoms with van der Waals surface area (Å²) in [5, 5.41) is 8.28. The summed E-state index contributed by atoms with van der Waals surface area (Å²) >= 11 is 0. The van der Waals surface area contributed by atoms with Gasteiger partial charge in [0.1, 0.15) is 5.84 Å². The van der Waals surface area contributed by atoms with E-state index in [-0.39, 0.29) is 48.1 Å². The molecule has 1 aliphatic rings. The molecule has 234 valence electrons. The quantitative estimate of drug-likeness (QED) is 0.161. The van der Waals surface area contributed by atoms with E-state index in [1.165, 1.54) is 13.2 Å². The lowest BCUT2D eigenvalue weighted by atomic mass is 10.0. The van der Waals surface area contributed by atoms with Crippen LogP contribution in [-0.2, 0) is 17.9 Å². The fraction of sp³-hybridized carbons (Fsp3) is 0.152. The fourth-order valence-corrected chi connectivity index (χ4v) is 5.04. The highest BCUT2D eigenvalue weighted by Crippen LogP contribution is 2.29. The second-order valence-corrected chi connectivity index (χ2v) is 10.5. The van der Waals surface area contributed by atoms with Crippen molar-refractivity contribution in [2.24, 2.45) is 16.5 Å². The van der Waals surface area contributed by atoms with Crippen LogP contribution in [0.2, 0.25) is 0 Å². The smallest absolute Gasteiger partial charge is 0.279 e. The second-order valence-electron chi connectivity index (χ2n) is 10.5. The summed E-state index contributed by atoms with van der Waals surface area (Å²) in [6, 6.07) is 22.7. The second kappa shape index (κ2) is 13.7. The molecule has 0 fully saturated rings. The summed E-state index contributed by atoms with van der Waals surface area (Å²) in [6.45, 7) is 0.569. The van der Waals surface area contributed by atoms with Crippen LogP contribution in [0.5, 0.6) is 0 Å². The number of aromatic nitrogens is 2. The van der Waals surface area contributed by atoms with Gasteiger partial charge >= 0.3 is 0 Å². The minimum atomic E-state index is -0.917. The number of nitrogens with one attached hydrogen (secondary N) is 3. The largest absolute Gasteiger partial charge is 0.385 e. The molecule has 0 saturated carbocycles. The van der Waals surface area contributed by atoms with Gasteiger partial charge in [-0.2, -0.15) is 0 Å². The minimum absolute atomic E-state index is 0.0140. The Kier molecular flexibility index (Phi) is 9.33. The van der Waals surface area contributed by atoms with Gasteiger partial charge in [0.25, 0.3) is 11.8 Å². The first-order valence-corrected chi connectivity index (χ1v) is 14.4. The average Bonchev–Trinajstić information content (AvgIpc) is 3.07. The van der Waals surface area contributed by atoms with Crippen molar-refractivity contribution in [3.63, 3.8) is 0 Å². The van der Waals surface area contributed by atoms with Gasteiger partial charge in [0, 0.05) is 43.9 Å². The number of carbonyl (C=O) groups is 3. The summed E-state index contributed by atoms with van der Waals surface area (Å²) in [5.41, 5.74) is 22.5. The van der Waals surface area contributed by atoms with Crippen LogP contribution in [0.15, 0.2) is 95.9 Å². The first-order valence-electron chi connectivity index (χ1n) is 14.4. The lowest BCUT2D eigenvalue weighted by Crippen LogP contribution is -2.54. The summed E-state index contributed by atoms with van der Waals surface area (Å²) < 4.78 is 0. The van der Waals surface area contributed by atoms with Crippen molar-refractivity contribution in [3.05, 3.63) is 119 Å². The number of aliphatic imine (C=N–C) groups is 1. The molecule has 4 aromatic rings. The predicted molar refractivity (Wildman–Crippen MR) is 175 cm³/mol. The fourth-order valence-electron chi connectivity index (χ4n) is 5.04. The first kappa shape index (κ1) is 31.3. The average molecular weight is 619 g/mol. The maximum absolute atomic E-state index is 13.7. The summed E-state index contributed by atoms with van der Waals surface area (Å²) in [7, 11) is 3.19. The highest BCUT2D eigenvalue weighted by molar-refractivity contribution is 6.09. The Morgan fingerprint density at radius 2 is 1.59 bits per heavy atom. The standard InChI is InChI=1S/C33H34N10O3/c1-37-33(46)27-29(36)41-30(26(43(27)2)23-13-6-8-19(14-23)16-34)42-32(45)25-28(35)38-18-24(40-25)22-12-7-9-20(15-22)17-39-31(44)21-10-4-3-5-11-21/h3-15,18,27H,16-17,34H2,1-2H3,(H2,35,38)(H2,36,41)(H,37,46)(H,39,44)(H,42,45). The Morgan fingerprint density at radius 3 is 2.30 bits per heavy atom. The molecule has 3 amide bonds. The van der Waals surface area contributed by atoms with E-state index in [9.17, 15) is 14.4 Å². The molecular formula is C33H34N10O3. The number of nitrogen functional groups attached to an aromatic ring is 1. The molecule has 5 rings (SSSR count). The van der Waals surface area contributed by atoms with Crippen molar-refractivity contribution in [1.82, 2.24) is 30.8 Å². The molecule has 1 aliphatic heterocycles. The Bertz CT molecular complexity index is 1860. The lowest BCUT2D eigenvalue weighted by Gasteiger charge is -2.35. The molecule has 1 aromatic heterocycles. The normalized spacial score (nSPS) is 14.4. The van der Waals surface area contributed by atoms with E-state index in [4.69, 9.17) is 17.2 Å². The van der Waals surface area contributed by atoms with Gasteiger partial charge in [-0.1, -0.05) is 54.6 Å². The third-order valence-electron chi connectivity index (χ3n) is 7.38. The molecule has 0 saturated heterocycles. The van der Waals surface area contributed by atoms with Gasteiger partial charge in [0.05, 0.1) is 17.6 Å². The molecule has 0 aliphatic carbocycles. The molecule has 46 heavy (non-hydrogen) atoms. The van der Waals surface area contributed by atoms with Gasteiger partial charge in [-0.05, 0) is 35.4 Å². The highest BCUT2D eigenvalue weighted by atomic mass is 16.2. The van der Waals surface area contributed by atoms with Crippen LogP contribution in [0, 0.1) is 0 Å². The monoisotopic (exact) mass is 618 g/mol. The minimum Gasteiger partial charge on any atom is -0.385 e. The molecule has 0 bridgehead atoms. The third-order valence-corrected chi connectivity index (χ3v) is 7.38. The molecule has 0 radical (unpaired) electrons. The van der Waals surface area contributed by atoms with Crippen LogP contribution >= 0.6 is 0 Å². The van der Waals surface area contributed by atoms with Gasteiger partial charge in [-0.15, -0.1) is 0 Å². The van der Waals surface area contributed by atoms with Crippen molar-refractivity contribution in [2.45, 2.75) is 19.1 Å². The number of anilines is 1. The number of nitrogens with two attached hydrogens (primary N) is 3. The van der Waals surface area contributed by atoms with E-state index in [0.29, 0.717) is 28.1 Å². The number of likely N-dealkylation sites (N-methyl/N-ethyl adjacent to an activating group) is 2. The van der Waals surface area contributed by atoms with Gasteiger partial charge < -0.3 is 38.1 Å². The predicted octanol–water partition coefficient (Wildman–Crippen LogP) is 1.59. The van der Waals surface area contributed by atoms with Gasteiger partial charge in [-0.25, -0.2) is 15.0 Å². The van der Waals surface area contributed by atoms with E-state index in [1.54, 1.807) is 36.2 Å². The molecule has 13 nitrogen and oxygen atoms in total. The molecule has 2 heterocycles. The Morgan fingerprint density at radius 1 is 0.891 bits per heavy atom. The molecular weight excluding hydrogens is 584 g/mol. The van der Waals surface area contributed by atoms with Crippen LogP contribution in [-0.4, -0.2) is 58.6 Å². The Labute approximate surface area is 265 Å². The third kappa shape index (κ3) is 6.69. The van der Waals surface area contributed by atoms with E-state index in [2.05, 4.69) is 30.9 Å². The van der Waals surface area contributed by atoms with Crippen molar-refractivity contribution < 1.29 is 14.4 Å². The zero-order chi connectivity index (χ0) is 32.8. The van der Waals surface area contributed by atoms with E-state index in [1.807, 2.05) is 54.6 Å². The number of benzene rings is 3. The van der Waals surface area contributed by atoms with E-state index in [0.717, 1.165) is 11.1 Å². The van der Waals surface area contributed by atoms with Gasteiger partial charge in [0.15, 0.2) is 23.4 Å². The molecule has 1 atom stereocenters. The van der Waals surface area contributed by atoms with Crippen LogP contribution < -0.4 is 33.2 Å². The maximum Gasteiger partial charge on any atom is 0.279 e. The number of rotatable bonds is 9. The molecule has 9 N–H and O–H groups in total. The Balaban J connectivity index is 1.44. The molecule has 0 spiro atoms. The van der Waals surface area contributed by atoms with Crippen molar-refractivity contribution in [3.8, 4) is 11.3 Å². The van der Waals surface area contributed by atoms with Crippen molar-refractivity contribution in [2.75, 3.05) is 19.8 Å². The first-order chi connectivity index (χ1) is 22.2. The highest BCUT2D eigenvalue weighted by Gasteiger charge is 2.35. The number of hydrogen-bond acceptors (Lipinski definition) is 10. The van der Waals surface area contributed by atoms with E-state index >= 15 is 0 Å². The number of amidine groups is 1. The molecule has 13 heteroatoms. The lowest BCUT2D eigenvalue weighted by molar-refractivity contribution is -0.122. The van der Waals surface area contributed by atoms with Crippen molar-refractivity contribution in [1.29, 1.82) is 0 Å².